The van der Waals surface area contributed by atoms with Crippen molar-refractivity contribution in [3.05, 3.63) is 22.4 Å². The van der Waals surface area contributed by atoms with Gasteiger partial charge in [0.2, 0.25) is 5.91 Å². The number of aliphatic hydroxyl groups excluding tert-OH is 1. The zero-order chi connectivity index (χ0) is 12.3. The minimum absolute atomic E-state index is 0.136. The topological polar surface area (TPSA) is 66.6 Å². The van der Waals surface area contributed by atoms with E-state index >= 15 is 0 Å². The van der Waals surface area contributed by atoms with Crippen molar-refractivity contribution in [1.29, 1.82) is 0 Å². The third-order valence-corrected chi connectivity index (χ3v) is 3.88. The van der Waals surface area contributed by atoms with Crippen LogP contribution in [-0.4, -0.2) is 35.0 Å². The average molecular weight is 254 g/mol. The largest absolute Gasteiger partial charge is 0.386 e. The van der Waals surface area contributed by atoms with E-state index in [0.29, 0.717) is 0 Å². The molecule has 1 aromatic heterocycles. The molecule has 2 rings (SSSR count). The number of carbonyl (C=O) groups excluding carboxylic acids is 1. The molecule has 94 valence electrons. The maximum absolute atomic E-state index is 12.1. The Morgan fingerprint density at radius 2 is 2.12 bits per heavy atom. The molecule has 1 saturated heterocycles. The van der Waals surface area contributed by atoms with E-state index in [0.717, 1.165) is 31.5 Å². The SMILES string of the molecule is N[C@@H](C(=O)N1CCCCC1)[C@@H](O)c1ccsc1. The molecule has 0 spiro atoms. The maximum Gasteiger partial charge on any atom is 0.242 e. The Labute approximate surface area is 105 Å². The van der Waals surface area contributed by atoms with Gasteiger partial charge in [-0.3, -0.25) is 4.79 Å². The van der Waals surface area contributed by atoms with Crippen molar-refractivity contribution in [2.24, 2.45) is 5.73 Å². The Bertz CT molecular complexity index is 361. The second-order valence-electron chi connectivity index (χ2n) is 4.41. The fourth-order valence-electron chi connectivity index (χ4n) is 2.11. The molecule has 3 N–H and O–H groups in total. The number of piperidine rings is 1. The van der Waals surface area contributed by atoms with Crippen molar-refractivity contribution in [3.63, 3.8) is 0 Å². The van der Waals surface area contributed by atoms with Crippen LogP contribution >= 0.6 is 11.3 Å². The number of thiophene rings is 1. The lowest BCUT2D eigenvalue weighted by Crippen LogP contribution is -2.48. The number of amides is 1. The highest BCUT2D eigenvalue weighted by atomic mass is 32.1. The molecule has 1 fully saturated rings. The molecule has 2 heterocycles. The van der Waals surface area contributed by atoms with Gasteiger partial charge in [0.1, 0.15) is 12.1 Å². The summed E-state index contributed by atoms with van der Waals surface area (Å²) in [5, 5.41) is 13.7. The van der Waals surface area contributed by atoms with E-state index in [-0.39, 0.29) is 5.91 Å². The van der Waals surface area contributed by atoms with Crippen molar-refractivity contribution in [3.8, 4) is 0 Å². The first-order valence-corrected chi connectivity index (χ1v) is 6.89. The molecular weight excluding hydrogens is 236 g/mol. The number of likely N-dealkylation sites (tertiary alicyclic amines) is 1. The van der Waals surface area contributed by atoms with Crippen LogP contribution in [-0.2, 0) is 4.79 Å². The Morgan fingerprint density at radius 3 is 2.71 bits per heavy atom. The lowest BCUT2D eigenvalue weighted by Gasteiger charge is -2.30. The minimum Gasteiger partial charge on any atom is -0.386 e. The van der Waals surface area contributed by atoms with Crippen molar-refractivity contribution >= 4 is 17.2 Å². The van der Waals surface area contributed by atoms with E-state index in [1.807, 2.05) is 10.8 Å². The third kappa shape index (κ3) is 2.86. The summed E-state index contributed by atoms with van der Waals surface area (Å²) in [4.78, 5) is 13.8. The highest BCUT2D eigenvalue weighted by Crippen LogP contribution is 2.20. The van der Waals surface area contributed by atoms with Crippen molar-refractivity contribution in [2.45, 2.75) is 31.4 Å². The zero-order valence-electron chi connectivity index (χ0n) is 9.71. The van der Waals surface area contributed by atoms with Crippen LogP contribution in [0.3, 0.4) is 0 Å². The van der Waals surface area contributed by atoms with Crippen LogP contribution < -0.4 is 5.73 Å². The average Bonchev–Trinajstić information content (AvgIpc) is 2.91. The van der Waals surface area contributed by atoms with Crippen LogP contribution in [0.25, 0.3) is 0 Å². The molecule has 1 aliphatic heterocycles. The van der Waals surface area contributed by atoms with Gasteiger partial charge in [0, 0.05) is 13.1 Å². The zero-order valence-corrected chi connectivity index (χ0v) is 10.5. The van der Waals surface area contributed by atoms with Crippen LogP contribution in [0.15, 0.2) is 16.8 Å². The second kappa shape index (κ2) is 5.62. The number of nitrogens with zero attached hydrogens (tertiary/aromatic N) is 1. The molecular formula is C12H18N2O2S. The molecule has 0 unspecified atom stereocenters. The summed E-state index contributed by atoms with van der Waals surface area (Å²) in [5.41, 5.74) is 6.58. The Balaban J connectivity index is 1.98. The summed E-state index contributed by atoms with van der Waals surface area (Å²) >= 11 is 1.49. The first-order chi connectivity index (χ1) is 8.20. The lowest BCUT2D eigenvalue weighted by molar-refractivity contribution is -0.136. The molecule has 0 bridgehead atoms. The number of rotatable bonds is 3. The predicted octanol–water partition coefficient (Wildman–Crippen LogP) is 1.12. The minimum atomic E-state index is -0.893. The van der Waals surface area contributed by atoms with Gasteiger partial charge in [0.25, 0.3) is 0 Å². The standard InChI is InChI=1S/C12H18N2O2S/c13-10(11(15)9-4-7-17-8-9)12(16)14-5-2-1-3-6-14/h4,7-8,10-11,15H,1-3,5-6,13H2/t10-,11+/m1/s1. The summed E-state index contributed by atoms with van der Waals surface area (Å²) in [5.74, 6) is -0.136. The van der Waals surface area contributed by atoms with E-state index in [2.05, 4.69) is 0 Å². The van der Waals surface area contributed by atoms with Gasteiger partial charge >= 0.3 is 0 Å². The van der Waals surface area contributed by atoms with Gasteiger partial charge in [0.15, 0.2) is 0 Å². The van der Waals surface area contributed by atoms with E-state index in [1.165, 1.54) is 17.8 Å². The third-order valence-electron chi connectivity index (χ3n) is 3.18. The van der Waals surface area contributed by atoms with Gasteiger partial charge in [-0.05, 0) is 41.7 Å². The van der Waals surface area contributed by atoms with Gasteiger partial charge < -0.3 is 15.7 Å². The number of carbonyl (C=O) groups is 1. The maximum atomic E-state index is 12.1. The molecule has 17 heavy (non-hydrogen) atoms. The van der Waals surface area contributed by atoms with Crippen molar-refractivity contribution in [1.82, 2.24) is 4.90 Å². The summed E-state index contributed by atoms with van der Waals surface area (Å²) in [6, 6.07) is 0.960. The van der Waals surface area contributed by atoms with E-state index in [4.69, 9.17) is 5.73 Å². The van der Waals surface area contributed by atoms with Crippen molar-refractivity contribution in [2.75, 3.05) is 13.1 Å². The monoisotopic (exact) mass is 254 g/mol. The highest BCUT2D eigenvalue weighted by molar-refractivity contribution is 7.07. The number of hydrogen-bond donors (Lipinski definition) is 2. The van der Waals surface area contributed by atoms with Crippen LogP contribution in [0.5, 0.6) is 0 Å². The van der Waals surface area contributed by atoms with Gasteiger partial charge in [-0.2, -0.15) is 11.3 Å². The molecule has 1 aromatic rings. The Kier molecular flexibility index (Phi) is 4.15. The van der Waals surface area contributed by atoms with E-state index < -0.39 is 12.1 Å². The molecule has 1 amide bonds. The predicted molar refractivity (Wildman–Crippen MR) is 67.7 cm³/mol. The quantitative estimate of drug-likeness (QED) is 0.849. The van der Waals surface area contributed by atoms with Crippen LogP contribution in [0.4, 0.5) is 0 Å². The molecule has 0 aromatic carbocycles. The first kappa shape index (κ1) is 12.5. The first-order valence-electron chi connectivity index (χ1n) is 5.94. The number of nitrogens with two attached hydrogens (primary N) is 1. The number of aliphatic hydroxyl groups is 1. The molecule has 0 saturated carbocycles. The van der Waals surface area contributed by atoms with Gasteiger partial charge in [0.05, 0.1) is 0 Å². The molecule has 5 heteroatoms. The summed E-state index contributed by atoms with van der Waals surface area (Å²) < 4.78 is 0. The molecule has 4 nitrogen and oxygen atoms in total. The summed E-state index contributed by atoms with van der Waals surface area (Å²) in [6.45, 7) is 1.53. The molecule has 1 aliphatic rings. The van der Waals surface area contributed by atoms with E-state index in [9.17, 15) is 9.90 Å². The second-order valence-corrected chi connectivity index (χ2v) is 5.19. The summed E-state index contributed by atoms with van der Waals surface area (Å²) in [7, 11) is 0. The van der Waals surface area contributed by atoms with Gasteiger partial charge in [-0.25, -0.2) is 0 Å². The normalized spacial score (nSPS) is 20.0. The van der Waals surface area contributed by atoms with Crippen LogP contribution in [0.2, 0.25) is 0 Å². The van der Waals surface area contributed by atoms with Crippen LogP contribution in [0.1, 0.15) is 30.9 Å². The Morgan fingerprint density at radius 1 is 1.41 bits per heavy atom. The molecule has 0 aliphatic carbocycles. The summed E-state index contributed by atoms with van der Waals surface area (Å²) in [6.07, 6.45) is 2.35. The fraction of sp³-hybridized carbons (Fsp3) is 0.583. The fourth-order valence-corrected chi connectivity index (χ4v) is 2.80. The van der Waals surface area contributed by atoms with Crippen LogP contribution in [0, 0.1) is 0 Å². The van der Waals surface area contributed by atoms with Gasteiger partial charge in [-0.1, -0.05) is 0 Å². The Hall–Kier alpha value is -0.910. The van der Waals surface area contributed by atoms with Crippen molar-refractivity contribution < 1.29 is 9.90 Å². The molecule has 2 atom stereocenters. The molecule has 0 radical (unpaired) electrons. The van der Waals surface area contributed by atoms with E-state index in [1.54, 1.807) is 11.0 Å². The number of hydrogen-bond acceptors (Lipinski definition) is 4. The smallest absolute Gasteiger partial charge is 0.242 e. The highest BCUT2D eigenvalue weighted by Gasteiger charge is 2.29. The lowest BCUT2D eigenvalue weighted by atomic mass is 10.0. The van der Waals surface area contributed by atoms with Gasteiger partial charge in [-0.15, -0.1) is 0 Å².